The fourth-order valence-corrected chi connectivity index (χ4v) is 7.55. The molecule has 7 rings (SSSR count). The molecule has 0 unspecified atom stereocenters. The van der Waals surface area contributed by atoms with Gasteiger partial charge in [0.1, 0.15) is 0 Å². The predicted molar refractivity (Wildman–Crippen MR) is 167 cm³/mol. The van der Waals surface area contributed by atoms with Crippen LogP contribution in [0.4, 0.5) is 5.69 Å². The highest BCUT2D eigenvalue weighted by molar-refractivity contribution is 7.99. The first-order chi connectivity index (χ1) is 20.1. The van der Waals surface area contributed by atoms with Crippen molar-refractivity contribution in [1.29, 1.82) is 0 Å². The van der Waals surface area contributed by atoms with Gasteiger partial charge in [-0.05, 0) is 48.4 Å². The molecule has 1 spiro atoms. The van der Waals surface area contributed by atoms with Crippen molar-refractivity contribution in [1.82, 2.24) is 9.55 Å². The maximum Gasteiger partial charge on any atom is 0.263 e. The Bertz CT molecular complexity index is 1820. The Hall–Kier alpha value is -4.16. The smallest absolute Gasteiger partial charge is 0.263 e. The van der Waals surface area contributed by atoms with E-state index in [4.69, 9.17) is 4.98 Å². The number of benzene rings is 4. The molecule has 5 aromatic rings. The number of thioether (sulfide) groups is 1. The number of hydrogen-bond acceptors (Lipinski definition) is 4. The summed E-state index contributed by atoms with van der Waals surface area (Å²) in [6, 6.07) is 32.0. The van der Waals surface area contributed by atoms with Crippen molar-refractivity contribution < 1.29 is 4.79 Å². The van der Waals surface area contributed by atoms with Gasteiger partial charge in [0, 0.05) is 22.1 Å². The van der Waals surface area contributed by atoms with Crippen molar-refractivity contribution in [2.75, 3.05) is 11.1 Å². The third-order valence-corrected chi connectivity index (χ3v) is 9.54. The van der Waals surface area contributed by atoms with Crippen molar-refractivity contribution in [2.24, 2.45) is 0 Å². The van der Waals surface area contributed by atoms with Gasteiger partial charge < -0.3 is 5.32 Å². The maximum absolute atomic E-state index is 14.6. The number of nitrogens with one attached hydrogen (secondary N) is 1. The summed E-state index contributed by atoms with van der Waals surface area (Å²) in [5, 5.41) is 5.68. The average molecular weight is 558 g/mol. The van der Waals surface area contributed by atoms with Crippen molar-refractivity contribution in [3.63, 3.8) is 0 Å². The van der Waals surface area contributed by atoms with Crippen LogP contribution in [-0.4, -0.2) is 21.2 Å². The first-order valence-electron chi connectivity index (χ1n) is 14.3. The van der Waals surface area contributed by atoms with E-state index in [2.05, 4.69) is 23.5 Å². The van der Waals surface area contributed by atoms with Gasteiger partial charge in [-0.1, -0.05) is 110 Å². The zero-order chi connectivity index (χ0) is 27.8. The van der Waals surface area contributed by atoms with Crippen LogP contribution in [0.15, 0.2) is 107 Å². The fraction of sp³-hybridized carbons (Fsp3) is 0.229. The second-order valence-electron chi connectivity index (χ2n) is 11.1. The van der Waals surface area contributed by atoms with Crippen LogP contribution in [0, 0.1) is 0 Å². The molecule has 0 saturated heterocycles. The van der Waals surface area contributed by atoms with Crippen LogP contribution in [0.1, 0.15) is 43.2 Å². The van der Waals surface area contributed by atoms with Gasteiger partial charge in [0.05, 0.1) is 22.7 Å². The van der Waals surface area contributed by atoms with Gasteiger partial charge in [0.25, 0.3) is 5.56 Å². The molecule has 1 heterocycles. The quantitative estimate of drug-likeness (QED) is 0.179. The Balaban J connectivity index is 1.31. The summed E-state index contributed by atoms with van der Waals surface area (Å²) in [4.78, 5) is 33.1. The standard InChI is InChI=1S/C35H31N3O2S/c39-30(36-29-19-11-14-24-12-5-7-17-27(24)29)23-41-34-37-32-28-18-8-6-13-25(28)22-35(20-9-2-10-21-35)31(32)33(40)38(34)26-15-3-1-4-16-26/h1,3-8,11-19H,2,9-10,20-23H2,(H,36,39). The van der Waals surface area contributed by atoms with Gasteiger partial charge in [0.2, 0.25) is 5.91 Å². The Morgan fingerprint density at radius 3 is 2.44 bits per heavy atom. The van der Waals surface area contributed by atoms with E-state index in [1.165, 1.54) is 23.7 Å². The normalized spacial score (nSPS) is 15.3. The molecule has 5 nitrogen and oxygen atoms in total. The summed E-state index contributed by atoms with van der Waals surface area (Å²) in [5.41, 5.74) is 5.29. The number of amides is 1. The van der Waals surface area contributed by atoms with E-state index in [1.807, 2.05) is 78.9 Å². The second-order valence-corrected chi connectivity index (χ2v) is 12.1. The summed E-state index contributed by atoms with van der Waals surface area (Å²) in [6.07, 6.45) is 6.33. The highest BCUT2D eigenvalue weighted by Gasteiger charge is 2.43. The molecule has 1 N–H and O–H groups in total. The molecular weight excluding hydrogens is 526 g/mol. The van der Waals surface area contributed by atoms with Crippen LogP contribution >= 0.6 is 11.8 Å². The van der Waals surface area contributed by atoms with E-state index in [0.29, 0.717) is 5.16 Å². The number of carbonyl (C=O) groups excluding carboxylic acids is 1. The van der Waals surface area contributed by atoms with Crippen molar-refractivity contribution >= 4 is 34.1 Å². The highest BCUT2D eigenvalue weighted by Crippen LogP contribution is 2.49. The third kappa shape index (κ3) is 4.66. The number of carbonyl (C=O) groups is 1. The summed E-state index contributed by atoms with van der Waals surface area (Å²) >= 11 is 1.31. The molecule has 0 aliphatic heterocycles. The lowest BCUT2D eigenvalue weighted by Gasteiger charge is -2.42. The minimum absolute atomic E-state index is 0.00503. The molecule has 1 aromatic heterocycles. The van der Waals surface area contributed by atoms with Gasteiger partial charge in [-0.3, -0.25) is 14.2 Å². The van der Waals surface area contributed by atoms with E-state index in [0.717, 1.165) is 71.1 Å². The first kappa shape index (κ1) is 25.8. The van der Waals surface area contributed by atoms with Crippen molar-refractivity contribution in [3.8, 4) is 16.9 Å². The minimum Gasteiger partial charge on any atom is -0.325 e. The van der Waals surface area contributed by atoms with E-state index in [-0.39, 0.29) is 22.6 Å². The fourth-order valence-electron chi connectivity index (χ4n) is 6.74. The largest absolute Gasteiger partial charge is 0.325 e. The van der Waals surface area contributed by atoms with E-state index >= 15 is 0 Å². The molecule has 0 radical (unpaired) electrons. The summed E-state index contributed by atoms with van der Waals surface area (Å²) < 4.78 is 1.74. The molecule has 204 valence electrons. The zero-order valence-corrected chi connectivity index (χ0v) is 23.6. The Labute approximate surface area is 243 Å². The Morgan fingerprint density at radius 1 is 0.854 bits per heavy atom. The number of anilines is 1. The molecule has 2 aliphatic rings. The number of rotatable bonds is 5. The molecule has 6 heteroatoms. The average Bonchev–Trinajstić information content (AvgIpc) is 3.01. The number of aromatic nitrogens is 2. The van der Waals surface area contributed by atoms with Gasteiger partial charge in [-0.15, -0.1) is 0 Å². The van der Waals surface area contributed by atoms with Crippen LogP contribution in [0.2, 0.25) is 0 Å². The highest BCUT2D eigenvalue weighted by atomic mass is 32.2. The number of hydrogen-bond donors (Lipinski definition) is 1. The molecule has 0 bridgehead atoms. The topological polar surface area (TPSA) is 64.0 Å². The van der Waals surface area contributed by atoms with Crippen molar-refractivity contribution in [3.05, 3.63) is 119 Å². The molecular formula is C35H31N3O2S. The lowest BCUT2D eigenvalue weighted by molar-refractivity contribution is -0.113. The monoisotopic (exact) mass is 557 g/mol. The van der Waals surface area contributed by atoms with Crippen LogP contribution in [0.5, 0.6) is 0 Å². The molecule has 1 fully saturated rings. The third-order valence-electron chi connectivity index (χ3n) is 8.61. The van der Waals surface area contributed by atoms with Crippen LogP contribution in [0.3, 0.4) is 0 Å². The molecule has 2 aliphatic carbocycles. The summed E-state index contributed by atoms with van der Waals surface area (Å²) in [6.45, 7) is 0. The van der Waals surface area contributed by atoms with Gasteiger partial charge in [0.15, 0.2) is 5.16 Å². The Morgan fingerprint density at radius 2 is 1.59 bits per heavy atom. The second kappa shape index (κ2) is 10.7. The minimum atomic E-state index is -0.197. The molecule has 1 saturated carbocycles. The van der Waals surface area contributed by atoms with Gasteiger partial charge in [-0.25, -0.2) is 4.98 Å². The molecule has 41 heavy (non-hydrogen) atoms. The Kier molecular flexibility index (Phi) is 6.71. The number of fused-ring (bicyclic) bond motifs is 5. The van der Waals surface area contributed by atoms with E-state index in [1.54, 1.807) is 4.57 Å². The van der Waals surface area contributed by atoms with E-state index < -0.39 is 0 Å². The SMILES string of the molecule is O=C(CSc1nc2c(c(=O)n1-c1ccccc1)C1(CCCCC1)Cc1ccccc1-2)Nc1cccc2ccccc12. The van der Waals surface area contributed by atoms with E-state index in [9.17, 15) is 9.59 Å². The van der Waals surface area contributed by atoms with Crippen molar-refractivity contribution in [2.45, 2.75) is 49.1 Å². The summed E-state index contributed by atoms with van der Waals surface area (Å²) in [7, 11) is 0. The van der Waals surface area contributed by atoms with Crippen LogP contribution < -0.4 is 10.9 Å². The maximum atomic E-state index is 14.6. The molecule has 0 atom stereocenters. The van der Waals surface area contributed by atoms with Gasteiger partial charge in [-0.2, -0.15) is 0 Å². The lowest BCUT2D eigenvalue weighted by Crippen LogP contribution is -2.43. The lowest BCUT2D eigenvalue weighted by atomic mass is 9.62. The van der Waals surface area contributed by atoms with Crippen LogP contribution in [0.25, 0.3) is 27.7 Å². The van der Waals surface area contributed by atoms with Gasteiger partial charge >= 0.3 is 0 Å². The number of para-hydroxylation sites is 1. The zero-order valence-electron chi connectivity index (χ0n) is 22.8. The number of nitrogens with zero attached hydrogens (tertiary/aromatic N) is 2. The summed E-state index contributed by atoms with van der Waals surface area (Å²) in [5.74, 6) is -0.00395. The van der Waals surface area contributed by atoms with Crippen LogP contribution in [-0.2, 0) is 16.6 Å². The first-order valence-corrected chi connectivity index (χ1v) is 15.3. The predicted octanol–water partition coefficient (Wildman–Crippen LogP) is 7.54. The molecule has 4 aromatic carbocycles. The molecule has 1 amide bonds.